The van der Waals surface area contributed by atoms with Gasteiger partial charge in [0.25, 0.3) is 0 Å². The van der Waals surface area contributed by atoms with E-state index in [2.05, 4.69) is 15.3 Å². The summed E-state index contributed by atoms with van der Waals surface area (Å²) in [4.78, 5) is 8.31. The van der Waals surface area contributed by atoms with Gasteiger partial charge in [0, 0.05) is 38.8 Å². The van der Waals surface area contributed by atoms with Crippen LogP contribution >= 0.6 is 0 Å². The molecule has 1 aromatic rings. The van der Waals surface area contributed by atoms with E-state index in [4.69, 9.17) is 4.74 Å². The molecule has 0 radical (unpaired) electrons. The summed E-state index contributed by atoms with van der Waals surface area (Å²) in [5, 5.41) is 13.3. The lowest BCUT2D eigenvalue weighted by molar-refractivity contribution is -0.0543. The van der Waals surface area contributed by atoms with Gasteiger partial charge >= 0.3 is 0 Å². The van der Waals surface area contributed by atoms with Crippen molar-refractivity contribution in [1.82, 2.24) is 9.97 Å². The molecule has 5 nitrogen and oxygen atoms in total. The van der Waals surface area contributed by atoms with Crippen molar-refractivity contribution in [3.8, 4) is 0 Å². The van der Waals surface area contributed by atoms with Gasteiger partial charge in [-0.25, -0.2) is 4.98 Å². The zero-order valence-corrected chi connectivity index (χ0v) is 9.44. The van der Waals surface area contributed by atoms with E-state index in [0.29, 0.717) is 38.4 Å². The van der Waals surface area contributed by atoms with Crippen molar-refractivity contribution >= 4 is 5.82 Å². The molecule has 0 unspecified atom stereocenters. The van der Waals surface area contributed by atoms with Crippen LogP contribution in [-0.2, 0) is 4.74 Å². The largest absolute Gasteiger partial charge is 0.388 e. The highest BCUT2D eigenvalue weighted by Crippen LogP contribution is 2.20. The minimum Gasteiger partial charge on any atom is -0.388 e. The molecule has 1 fully saturated rings. The van der Waals surface area contributed by atoms with Crippen molar-refractivity contribution in [3.05, 3.63) is 18.1 Å². The number of nitrogens with one attached hydrogen (secondary N) is 1. The van der Waals surface area contributed by atoms with Gasteiger partial charge in [-0.1, -0.05) is 0 Å². The van der Waals surface area contributed by atoms with Crippen LogP contribution in [0, 0.1) is 6.92 Å². The van der Waals surface area contributed by atoms with Gasteiger partial charge in [0.05, 0.1) is 17.5 Å². The minimum atomic E-state index is -0.677. The summed E-state index contributed by atoms with van der Waals surface area (Å²) in [6.45, 7) is 3.63. The summed E-state index contributed by atoms with van der Waals surface area (Å²) in [5.74, 6) is 0.708. The normalized spacial score (nSPS) is 19.4. The molecule has 0 bridgehead atoms. The first-order valence-electron chi connectivity index (χ1n) is 5.51. The van der Waals surface area contributed by atoms with Crippen molar-refractivity contribution in [1.29, 1.82) is 0 Å². The summed E-state index contributed by atoms with van der Waals surface area (Å²) < 4.78 is 5.22. The SMILES string of the molecule is Cc1cncc(NCC2(O)CCOCC2)n1. The Labute approximate surface area is 94.9 Å². The second kappa shape index (κ2) is 4.76. The number of aryl methyl sites for hydroxylation is 1. The summed E-state index contributed by atoms with van der Waals surface area (Å²) in [6.07, 6.45) is 4.70. The first kappa shape index (κ1) is 11.3. The molecule has 16 heavy (non-hydrogen) atoms. The molecule has 1 aromatic heterocycles. The van der Waals surface area contributed by atoms with Crippen LogP contribution in [0.5, 0.6) is 0 Å². The van der Waals surface area contributed by atoms with E-state index in [-0.39, 0.29) is 0 Å². The lowest BCUT2D eigenvalue weighted by Gasteiger charge is -2.32. The molecule has 0 spiro atoms. The Hall–Kier alpha value is -1.20. The molecular weight excluding hydrogens is 206 g/mol. The van der Waals surface area contributed by atoms with Gasteiger partial charge in [-0.05, 0) is 6.92 Å². The van der Waals surface area contributed by atoms with E-state index in [1.807, 2.05) is 6.92 Å². The predicted molar refractivity (Wildman–Crippen MR) is 60.3 cm³/mol. The highest BCUT2D eigenvalue weighted by atomic mass is 16.5. The maximum atomic E-state index is 10.2. The zero-order valence-electron chi connectivity index (χ0n) is 9.44. The smallest absolute Gasteiger partial charge is 0.144 e. The van der Waals surface area contributed by atoms with Gasteiger partial charge in [0.1, 0.15) is 5.82 Å². The van der Waals surface area contributed by atoms with Crippen LogP contribution in [0.3, 0.4) is 0 Å². The number of aromatic nitrogens is 2. The number of anilines is 1. The third-order valence-corrected chi connectivity index (χ3v) is 2.78. The monoisotopic (exact) mass is 223 g/mol. The summed E-state index contributed by atoms with van der Waals surface area (Å²) in [5.41, 5.74) is 0.188. The Kier molecular flexibility index (Phi) is 3.36. The van der Waals surface area contributed by atoms with Crippen LogP contribution in [0.4, 0.5) is 5.82 Å². The van der Waals surface area contributed by atoms with E-state index in [9.17, 15) is 5.11 Å². The van der Waals surface area contributed by atoms with Crippen molar-refractivity contribution in [2.45, 2.75) is 25.4 Å². The van der Waals surface area contributed by atoms with E-state index in [0.717, 1.165) is 5.69 Å². The van der Waals surface area contributed by atoms with Crippen molar-refractivity contribution < 1.29 is 9.84 Å². The standard InChI is InChI=1S/C11H17N3O2/c1-9-6-12-7-10(14-9)13-8-11(15)2-4-16-5-3-11/h6-7,15H,2-5,8H2,1H3,(H,13,14). The van der Waals surface area contributed by atoms with Gasteiger partial charge in [0.15, 0.2) is 0 Å². The van der Waals surface area contributed by atoms with Crippen LogP contribution in [0.25, 0.3) is 0 Å². The maximum Gasteiger partial charge on any atom is 0.144 e. The Morgan fingerprint density at radius 3 is 2.88 bits per heavy atom. The average Bonchev–Trinajstić information content (AvgIpc) is 2.28. The fourth-order valence-corrected chi connectivity index (χ4v) is 1.73. The number of hydrogen-bond donors (Lipinski definition) is 2. The van der Waals surface area contributed by atoms with Gasteiger partial charge in [0.2, 0.25) is 0 Å². The van der Waals surface area contributed by atoms with E-state index in [1.165, 1.54) is 0 Å². The molecule has 0 aromatic carbocycles. The highest BCUT2D eigenvalue weighted by Gasteiger charge is 2.29. The molecule has 88 valence electrons. The Bertz CT molecular complexity index is 351. The van der Waals surface area contributed by atoms with Crippen molar-refractivity contribution in [2.24, 2.45) is 0 Å². The topological polar surface area (TPSA) is 67.3 Å². The first-order valence-corrected chi connectivity index (χ1v) is 5.51. The van der Waals surface area contributed by atoms with Crippen LogP contribution in [0.1, 0.15) is 18.5 Å². The molecule has 1 saturated heterocycles. The molecule has 2 rings (SSSR count). The molecule has 5 heteroatoms. The van der Waals surface area contributed by atoms with Crippen LogP contribution in [0.2, 0.25) is 0 Å². The molecule has 0 aliphatic carbocycles. The van der Waals surface area contributed by atoms with Crippen molar-refractivity contribution in [3.63, 3.8) is 0 Å². The fraction of sp³-hybridized carbons (Fsp3) is 0.636. The van der Waals surface area contributed by atoms with Crippen molar-refractivity contribution in [2.75, 3.05) is 25.1 Å². The number of ether oxygens (including phenoxy) is 1. The Balaban J connectivity index is 1.91. The van der Waals surface area contributed by atoms with Gasteiger partial charge in [-0.15, -0.1) is 0 Å². The first-order chi connectivity index (χ1) is 7.68. The van der Waals surface area contributed by atoms with Crippen LogP contribution < -0.4 is 5.32 Å². The third kappa shape index (κ3) is 2.90. The minimum absolute atomic E-state index is 0.495. The average molecular weight is 223 g/mol. The summed E-state index contributed by atoms with van der Waals surface area (Å²) in [6, 6.07) is 0. The second-order valence-electron chi connectivity index (χ2n) is 4.24. The number of rotatable bonds is 3. The molecular formula is C11H17N3O2. The van der Waals surface area contributed by atoms with Gasteiger partial charge in [-0.3, -0.25) is 4.98 Å². The summed E-state index contributed by atoms with van der Waals surface area (Å²) >= 11 is 0. The number of nitrogens with zero attached hydrogens (tertiary/aromatic N) is 2. The Morgan fingerprint density at radius 2 is 2.19 bits per heavy atom. The highest BCUT2D eigenvalue weighted by molar-refractivity contribution is 5.32. The Morgan fingerprint density at radius 1 is 1.44 bits per heavy atom. The molecule has 0 atom stereocenters. The van der Waals surface area contributed by atoms with E-state index < -0.39 is 5.60 Å². The van der Waals surface area contributed by atoms with Crippen LogP contribution in [0.15, 0.2) is 12.4 Å². The second-order valence-corrected chi connectivity index (χ2v) is 4.24. The van der Waals surface area contributed by atoms with Gasteiger partial charge in [-0.2, -0.15) is 0 Å². The predicted octanol–water partition coefficient (Wildman–Crippen LogP) is 0.738. The molecule has 2 heterocycles. The lowest BCUT2D eigenvalue weighted by Crippen LogP contribution is -2.42. The molecule has 0 saturated carbocycles. The fourth-order valence-electron chi connectivity index (χ4n) is 1.73. The lowest BCUT2D eigenvalue weighted by atomic mass is 9.94. The molecule has 1 aliphatic rings. The van der Waals surface area contributed by atoms with E-state index >= 15 is 0 Å². The van der Waals surface area contributed by atoms with E-state index in [1.54, 1.807) is 12.4 Å². The number of hydrogen-bond acceptors (Lipinski definition) is 5. The quantitative estimate of drug-likeness (QED) is 0.791. The zero-order chi connectivity index (χ0) is 11.4. The molecule has 2 N–H and O–H groups in total. The third-order valence-electron chi connectivity index (χ3n) is 2.78. The van der Waals surface area contributed by atoms with Crippen LogP contribution in [-0.4, -0.2) is 40.4 Å². The number of aliphatic hydroxyl groups is 1. The summed E-state index contributed by atoms with van der Waals surface area (Å²) in [7, 11) is 0. The van der Waals surface area contributed by atoms with Gasteiger partial charge < -0.3 is 15.2 Å². The molecule has 1 aliphatic heterocycles. The molecule has 0 amide bonds. The maximum absolute atomic E-state index is 10.2.